The molecule has 0 aromatic rings. The maximum atomic E-state index is 11.0. The highest BCUT2D eigenvalue weighted by molar-refractivity contribution is 5.79. The third kappa shape index (κ3) is 3.18. The zero-order valence-corrected chi connectivity index (χ0v) is 10.3. The van der Waals surface area contributed by atoms with Crippen LogP contribution in [0.2, 0.25) is 0 Å². The molecule has 0 aromatic heterocycles. The van der Waals surface area contributed by atoms with E-state index in [4.69, 9.17) is 5.73 Å². The van der Waals surface area contributed by atoms with Gasteiger partial charge in [-0.1, -0.05) is 0 Å². The third-order valence-electron chi connectivity index (χ3n) is 3.22. The first-order chi connectivity index (χ1) is 6.82. The van der Waals surface area contributed by atoms with Gasteiger partial charge in [0.05, 0.1) is 6.04 Å². The first-order valence-electron chi connectivity index (χ1n) is 5.61. The number of primary amides is 1. The van der Waals surface area contributed by atoms with E-state index in [-0.39, 0.29) is 17.5 Å². The SMILES string of the molecule is CC(C(N)=O)N1CCN(C(C)(C)C)CC1. The van der Waals surface area contributed by atoms with Gasteiger partial charge in [-0.25, -0.2) is 0 Å². The van der Waals surface area contributed by atoms with E-state index in [2.05, 4.69) is 30.6 Å². The molecule has 1 aliphatic heterocycles. The minimum absolute atomic E-state index is 0.132. The highest BCUT2D eigenvalue weighted by Crippen LogP contribution is 2.16. The quantitative estimate of drug-likeness (QED) is 0.716. The van der Waals surface area contributed by atoms with Crippen molar-refractivity contribution in [3.8, 4) is 0 Å². The van der Waals surface area contributed by atoms with Gasteiger partial charge in [0.2, 0.25) is 5.91 Å². The Balaban J connectivity index is 2.46. The van der Waals surface area contributed by atoms with E-state index in [1.165, 1.54) is 0 Å². The normalized spacial score (nSPS) is 22.7. The Labute approximate surface area is 92.4 Å². The van der Waals surface area contributed by atoms with E-state index in [0.717, 1.165) is 26.2 Å². The molecule has 4 nitrogen and oxygen atoms in total. The molecule has 1 heterocycles. The number of rotatable bonds is 2. The topological polar surface area (TPSA) is 49.6 Å². The highest BCUT2D eigenvalue weighted by atomic mass is 16.1. The molecular weight excluding hydrogens is 190 g/mol. The largest absolute Gasteiger partial charge is 0.368 e. The van der Waals surface area contributed by atoms with Crippen molar-refractivity contribution in [2.75, 3.05) is 26.2 Å². The summed E-state index contributed by atoms with van der Waals surface area (Å²) in [4.78, 5) is 15.6. The van der Waals surface area contributed by atoms with Gasteiger partial charge in [0.1, 0.15) is 0 Å². The number of hydrogen-bond donors (Lipinski definition) is 1. The van der Waals surface area contributed by atoms with Crippen molar-refractivity contribution in [2.45, 2.75) is 39.3 Å². The van der Waals surface area contributed by atoms with Gasteiger partial charge < -0.3 is 5.73 Å². The van der Waals surface area contributed by atoms with Gasteiger partial charge in [-0.15, -0.1) is 0 Å². The van der Waals surface area contributed by atoms with Gasteiger partial charge in [-0.05, 0) is 27.7 Å². The molecule has 1 atom stereocenters. The average Bonchev–Trinajstić information content (AvgIpc) is 2.15. The summed E-state index contributed by atoms with van der Waals surface area (Å²) in [5.41, 5.74) is 5.52. The van der Waals surface area contributed by atoms with Crippen molar-refractivity contribution in [3.63, 3.8) is 0 Å². The van der Waals surface area contributed by atoms with Crippen molar-refractivity contribution >= 4 is 5.91 Å². The molecule has 1 saturated heterocycles. The van der Waals surface area contributed by atoms with E-state index >= 15 is 0 Å². The van der Waals surface area contributed by atoms with Crippen LogP contribution in [-0.2, 0) is 4.79 Å². The molecule has 1 rings (SSSR count). The fraction of sp³-hybridized carbons (Fsp3) is 0.909. The lowest BCUT2D eigenvalue weighted by Crippen LogP contribution is -2.57. The number of piperazine rings is 1. The summed E-state index contributed by atoms with van der Waals surface area (Å²) in [7, 11) is 0. The Morgan fingerprint density at radius 1 is 1.20 bits per heavy atom. The number of carbonyl (C=O) groups excluding carboxylic acids is 1. The Morgan fingerprint density at radius 3 is 2.00 bits per heavy atom. The molecule has 15 heavy (non-hydrogen) atoms. The molecule has 0 bridgehead atoms. The van der Waals surface area contributed by atoms with Gasteiger partial charge in [-0.3, -0.25) is 14.6 Å². The van der Waals surface area contributed by atoms with E-state index in [1.807, 2.05) is 6.92 Å². The molecule has 0 aromatic carbocycles. The standard InChI is InChI=1S/C11H23N3O/c1-9(10(12)15)13-5-7-14(8-6-13)11(2,3)4/h9H,5-8H2,1-4H3,(H2,12,15). The molecule has 1 unspecified atom stereocenters. The lowest BCUT2D eigenvalue weighted by Gasteiger charge is -2.43. The smallest absolute Gasteiger partial charge is 0.234 e. The fourth-order valence-electron chi connectivity index (χ4n) is 1.96. The first kappa shape index (κ1) is 12.5. The fourth-order valence-corrected chi connectivity index (χ4v) is 1.96. The molecule has 2 N–H and O–H groups in total. The molecule has 1 amide bonds. The number of nitrogens with zero attached hydrogens (tertiary/aromatic N) is 2. The number of amides is 1. The lowest BCUT2D eigenvalue weighted by atomic mass is 10.0. The summed E-state index contributed by atoms with van der Waals surface area (Å²) in [5, 5.41) is 0. The van der Waals surface area contributed by atoms with Gasteiger partial charge in [-0.2, -0.15) is 0 Å². The monoisotopic (exact) mass is 213 g/mol. The number of hydrogen-bond acceptors (Lipinski definition) is 3. The van der Waals surface area contributed by atoms with Crippen molar-refractivity contribution in [1.29, 1.82) is 0 Å². The predicted molar refractivity (Wildman–Crippen MR) is 61.6 cm³/mol. The Bertz CT molecular complexity index is 226. The molecular formula is C11H23N3O. The molecule has 1 aliphatic rings. The molecule has 0 saturated carbocycles. The zero-order chi connectivity index (χ0) is 11.6. The summed E-state index contributed by atoms with van der Waals surface area (Å²) >= 11 is 0. The van der Waals surface area contributed by atoms with Crippen LogP contribution in [0.4, 0.5) is 0 Å². The number of carbonyl (C=O) groups is 1. The Kier molecular flexibility index (Phi) is 3.73. The van der Waals surface area contributed by atoms with Crippen LogP contribution in [0.3, 0.4) is 0 Å². The van der Waals surface area contributed by atoms with E-state index in [1.54, 1.807) is 0 Å². The molecule has 88 valence electrons. The van der Waals surface area contributed by atoms with Crippen LogP contribution in [0, 0.1) is 0 Å². The molecule has 0 radical (unpaired) electrons. The van der Waals surface area contributed by atoms with Crippen LogP contribution in [0.5, 0.6) is 0 Å². The molecule has 4 heteroatoms. The van der Waals surface area contributed by atoms with Crippen molar-refractivity contribution in [1.82, 2.24) is 9.80 Å². The van der Waals surface area contributed by atoms with E-state index < -0.39 is 0 Å². The molecule has 1 fully saturated rings. The number of nitrogens with two attached hydrogens (primary N) is 1. The Hall–Kier alpha value is -0.610. The second-order valence-electron chi connectivity index (χ2n) is 5.27. The van der Waals surface area contributed by atoms with Gasteiger partial charge in [0.25, 0.3) is 0 Å². The summed E-state index contributed by atoms with van der Waals surface area (Å²) in [5.74, 6) is -0.223. The summed E-state index contributed by atoms with van der Waals surface area (Å²) in [6.45, 7) is 12.4. The highest BCUT2D eigenvalue weighted by Gasteiger charge is 2.28. The lowest BCUT2D eigenvalue weighted by molar-refractivity contribution is -0.123. The predicted octanol–water partition coefficient (Wildman–Crippen LogP) is 0.276. The van der Waals surface area contributed by atoms with Crippen LogP contribution in [0.25, 0.3) is 0 Å². The summed E-state index contributed by atoms with van der Waals surface area (Å²) < 4.78 is 0. The minimum atomic E-state index is -0.223. The summed E-state index contributed by atoms with van der Waals surface area (Å²) in [6, 6.07) is -0.132. The average molecular weight is 213 g/mol. The maximum absolute atomic E-state index is 11.0. The van der Waals surface area contributed by atoms with Crippen molar-refractivity contribution in [3.05, 3.63) is 0 Å². The third-order valence-corrected chi connectivity index (χ3v) is 3.22. The van der Waals surface area contributed by atoms with E-state index in [0.29, 0.717) is 0 Å². The Morgan fingerprint density at radius 2 is 1.67 bits per heavy atom. The van der Waals surface area contributed by atoms with Gasteiger partial charge >= 0.3 is 0 Å². The van der Waals surface area contributed by atoms with Gasteiger partial charge in [0.15, 0.2) is 0 Å². The second kappa shape index (κ2) is 4.49. The van der Waals surface area contributed by atoms with Crippen molar-refractivity contribution < 1.29 is 4.79 Å². The summed E-state index contributed by atoms with van der Waals surface area (Å²) in [6.07, 6.45) is 0. The van der Waals surface area contributed by atoms with Crippen LogP contribution in [0.15, 0.2) is 0 Å². The zero-order valence-electron chi connectivity index (χ0n) is 10.3. The second-order valence-corrected chi connectivity index (χ2v) is 5.27. The maximum Gasteiger partial charge on any atom is 0.234 e. The van der Waals surface area contributed by atoms with Crippen molar-refractivity contribution in [2.24, 2.45) is 5.73 Å². The van der Waals surface area contributed by atoms with Crippen LogP contribution in [-0.4, -0.2) is 53.5 Å². The minimum Gasteiger partial charge on any atom is -0.368 e. The molecule has 0 spiro atoms. The first-order valence-corrected chi connectivity index (χ1v) is 5.61. The van der Waals surface area contributed by atoms with Gasteiger partial charge in [0, 0.05) is 31.7 Å². The van der Waals surface area contributed by atoms with Crippen LogP contribution in [0.1, 0.15) is 27.7 Å². The van der Waals surface area contributed by atoms with Crippen LogP contribution >= 0.6 is 0 Å². The van der Waals surface area contributed by atoms with Crippen LogP contribution < -0.4 is 5.73 Å². The van der Waals surface area contributed by atoms with E-state index in [9.17, 15) is 4.79 Å². The molecule has 0 aliphatic carbocycles.